The van der Waals surface area contributed by atoms with Gasteiger partial charge in [0.25, 0.3) is 5.91 Å². The molecule has 0 aliphatic heterocycles. The van der Waals surface area contributed by atoms with Crippen molar-refractivity contribution in [2.75, 3.05) is 18.4 Å². The van der Waals surface area contributed by atoms with Crippen molar-refractivity contribution in [2.45, 2.75) is 31.9 Å². The molecule has 1 fully saturated rings. The molecule has 1 aliphatic carbocycles. The van der Waals surface area contributed by atoms with Gasteiger partial charge in [-0.25, -0.2) is 15.0 Å². The summed E-state index contributed by atoms with van der Waals surface area (Å²) < 4.78 is 41.1. The number of amides is 1. The van der Waals surface area contributed by atoms with Crippen LogP contribution in [0.1, 0.15) is 46.1 Å². The zero-order chi connectivity index (χ0) is 24.6. The third-order valence-electron chi connectivity index (χ3n) is 5.76. The number of fused-ring (bicyclic) bond motifs is 1. The quantitative estimate of drug-likeness (QED) is 0.383. The lowest BCUT2D eigenvalue weighted by molar-refractivity contribution is -0.137. The van der Waals surface area contributed by atoms with Gasteiger partial charge in [-0.15, -0.1) is 0 Å². The van der Waals surface area contributed by atoms with Crippen LogP contribution in [0.3, 0.4) is 0 Å². The Kier molecular flexibility index (Phi) is 5.83. The zero-order valence-electron chi connectivity index (χ0n) is 18.8. The van der Waals surface area contributed by atoms with Crippen molar-refractivity contribution in [3.05, 3.63) is 71.3 Å². The lowest BCUT2D eigenvalue weighted by Gasteiger charge is -2.13. The minimum Gasteiger partial charge on any atom is -0.368 e. The fraction of sp³-hybridized carbons (Fsp3) is 0.292. The van der Waals surface area contributed by atoms with E-state index in [4.69, 9.17) is 4.98 Å². The molecule has 35 heavy (non-hydrogen) atoms. The first-order chi connectivity index (χ1) is 16.8. The molecule has 4 aromatic rings. The first-order valence-electron chi connectivity index (χ1n) is 11.2. The maximum Gasteiger partial charge on any atom is 0.419 e. The number of carbonyl (C=O) groups is 1. The Labute approximate surface area is 198 Å². The van der Waals surface area contributed by atoms with Crippen LogP contribution in [-0.4, -0.2) is 43.7 Å². The normalized spacial score (nSPS) is 13.7. The van der Waals surface area contributed by atoms with Crippen LogP contribution in [0.15, 0.2) is 48.8 Å². The second-order valence-corrected chi connectivity index (χ2v) is 8.33. The number of carbonyl (C=O) groups excluding carboxylic acids is 1. The SMILES string of the molecule is Cc1nn(-c2ccccn2)c2nc(C3CC3)cc(C(=O)NCCNc3ncccc3C(F)(F)F)c12. The van der Waals surface area contributed by atoms with Gasteiger partial charge >= 0.3 is 6.18 Å². The van der Waals surface area contributed by atoms with Crippen molar-refractivity contribution in [1.82, 2.24) is 30.0 Å². The lowest BCUT2D eigenvalue weighted by Crippen LogP contribution is -2.29. The van der Waals surface area contributed by atoms with Gasteiger partial charge in [0.05, 0.1) is 22.2 Å². The first-order valence-corrected chi connectivity index (χ1v) is 11.2. The summed E-state index contributed by atoms with van der Waals surface area (Å²) in [4.78, 5) is 26.1. The number of aromatic nitrogens is 5. The van der Waals surface area contributed by atoms with Crippen LogP contribution >= 0.6 is 0 Å². The molecule has 180 valence electrons. The van der Waals surface area contributed by atoms with Gasteiger partial charge in [-0.05, 0) is 50.1 Å². The molecule has 0 spiro atoms. The van der Waals surface area contributed by atoms with Gasteiger partial charge in [0, 0.05) is 37.1 Å². The third kappa shape index (κ3) is 4.66. The Bertz CT molecular complexity index is 1380. The minimum absolute atomic E-state index is 0.0712. The van der Waals surface area contributed by atoms with Gasteiger partial charge in [-0.1, -0.05) is 6.07 Å². The average molecular weight is 481 g/mol. The number of aryl methyl sites for hydroxylation is 1. The second kappa shape index (κ2) is 8.97. The Morgan fingerprint density at radius 1 is 1.11 bits per heavy atom. The summed E-state index contributed by atoms with van der Waals surface area (Å²) in [5, 5.41) is 10.6. The van der Waals surface area contributed by atoms with Crippen LogP contribution in [-0.2, 0) is 6.18 Å². The highest BCUT2D eigenvalue weighted by Crippen LogP contribution is 2.40. The Morgan fingerprint density at radius 2 is 1.91 bits per heavy atom. The Morgan fingerprint density at radius 3 is 2.63 bits per heavy atom. The van der Waals surface area contributed by atoms with Crippen molar-refractivity contribution < 1.29 is 18.0 Å². The van der Waals surface area contributed by atoms with E-state index in [-0.39, 0.29) is 24.8 Å². The Hall–Kier alpha value is -4.02. The van der Waals surface area contributed by atoms with E-state index in [1.54, 1.807) is 29.9 Å². The van der Waals surface area contributed by atoms with Crippen molar-refractivity contribution in [2.24, 2.45) is 0 Å². The Balaban J connectivity index is 1.38. The molecule has 0 aromatic carbocycles. The lowest BCUT2D eigenvalue weighted by atomic mass is 10.1. The molecule has 0 saturated heterocycles. The van der Waals surface area contributed by atoms with Crippen molar-refractivity contribution in [3.8, 4) is 5.82 Å². The number of hydrogen-bond acceptors (Lipinski definition) is 6. The van der Waals surface area contributed by atoms with E-state index in [1.165, 1.54) is 12.3 Å². The predicted octanol–water partition coefficient (Wildman–Crippen LogP) is 4.26. The molecule has 4 aromatic heterocycles. The van der Waals surface area contributed by atoms with E-state index in [0.717, 1.165) is 24.6 Å². The predicted molar refractivity (Wildman–Crippen MR) is 123 cm³/mol. The largest absolute Gasteiger partial charge is 0.419 e. The first kappa shape index (κ1) is 22.8. The van der Waals surface area contributed by atoms with E-state index in [1.807, 2.05) is 12.1 Å². The van der Waals surface area contributed by atoms with Gasteiger partial charge in [0.1, 0.15) is 5.82 Å². The topological polar surface area (TPSA) is 97.6 Å². The van der Waals surface area contributed by atoms with Gasteiger partial charge in [-0.2, -0.15) is 23.0 Å². The fourth-order valence-electron chi connectivity index (χ4n) is 3.94. The molecule has 4 heterocycles. The summed E-state index contributed by atoms with van der Waals surface area (Å²) in [7, 11) is 0. The maximum absolute atomic E-state index is 13.2. The van der Waals surface area contributed by atoms with Crippen molar-refractivity contribution in [1.29, 1.82) is 0 Å². The summed E-state index contributed by atoms with van der Waals surface area (Å²) in [5.41, 5.74) is 1.59. The molecular weight excluding hydrogens is 459 g/mol. The minimum atomic E-state index is -4.52. The number of anilines is 1. The van der Waals surface area contributed by atoms with Crippen molar-refractivity contribution >= 4 is 22.8 Å². The molecule has 11 heteroatoms. The van der Waals surface area contributed by atoms with Crippen LogP contribution in [0.4, 0.5) is 19.0 Å². The average Bonchev–Trinajstić information content (AvgIpc) is 3.65. The van der Waals surface area contributed by atoms with Crippen LogP contribution in [0.5, 0.6) is 0 Å². The summed E-state index contributed by atoms with van der Waals surface area (Å²) in [6, 6.07) is 9.46. The van der Waals surface area contributed by atoms with Crippen LogP contribution in [0.25, 0.3) is 16.9 Å². The zero-order valence-corrected chi connectivity index (χ0v) is 18.8. The molecule has 1 amide bonds. The molecule has 0 atom stereocenters. The highest BCUT2D eigenvalue weighted by atomic mass is 19.4. The monoisotopic (exact) mass is 481 g/mol. The molecular formula is C24H22F3N7O. The number of alkyl halides is 3. The molecule has 0 bridgehead atoms. The van der Waals surface area contributed by atoms with Crippen LogP contribution in [0.2, 0.25) is 0 Å². The van der Waals surface area contributed by atoms with Crippen molar-refractivity contribution in [3.63, 3.8) is 0 Å². The molecule has 0 unspecified atom stereocenters. The molecule has 8 nitrogen and oxygen atoms in total. The number of rotatable bonds is 7. The highest BCUT2D eigenvalue weighted by Gasteiger charge is 2.34. The van der Waals surface area contributed by atoms with E-state index in [0.29, 0.717) is 34.0 Å². The number of halogens is 3. The number of pyridine rings is 3. The highest BCUT2D eigenvalue weighted by molar-refractivity contribution is 6.06. The van der Waals surface area contributed by atoms with Crippen LogP contribution in [0, 0.1) is 6.92 Å². The van der Waals surface area contributed by atoms with Gasteiger partial charge in [-0.3, -0.25) is 4.79 Å². The van der Waals surface area contributed by atoms with Gasteiger partial charge in [0.2, 0.25) is 0 Å². The van der Waals surface area contributed by atoms with E-state index in [9.17, 15) is 18.0 Å². The third-order valence-corrected chi connectivity index (χ3v) is 5.76. The van der Waals surface area contributed by atoms with Gasteiger partial charge in [0.15, 0.2) is 11.5 Å². The molecule has 2 N–H and O–H groups in total. The standard InChI is InChI=1S/C24H22F3N7O/c1-14-20-16(23(35)31-12-11-30-21-17(24(25,26)27)5-4-10-29-21)13-18(15-7-8-15)32-22(20)34(33-14)19-6-2-3-9-28-19/h2-6,9-10,13,15H,7-8,11-12H2,1H3,(H,29,30)(H,31,35). The summed E-state index contributed by atoms with van der Waals surface area (Å²) >= 11 is 0. The van der Waals surface area contributed by atoms with Gasteiger partial charge < -0.3 is 10.6 Å². The molecule has 0 radical (unpaired) electrons. The summed E-state index contributed by atoms with van der Waals surface area (Å²) in [5.74, 6) is 0.272. The van der Waals surface area contributed by atoms with E-state index >= 15 is 0 Å². The molecule has 1 saturated carbocycles. The molecule has 1 aliphatic rings. The van der Waals surface area contributed by atoms with Crippen LogP contribution < -0.4 is 10.6 Å². The smallest absolute Gasteiger partial charge is 0.368 e. The van der Waals surface area contributed by atoms with E-state index in [2.05, 4.69) is 25.7 Å². The summed E-state index contributed by atoms with van der Waals surface area (Å²) in [6.45, 7) is 1.97. The van der Waals surface area contributed by atoms with E-state index < -0.39 is 11.7 Å². The summed E-state index contributed by atoms with van der Waals surface area (Å²) in [6.07, 6.45) is 0.436. The fourth-order valence-corrected chi connectivity index (χ4v) is 3.94. The second-order valence-electron chi connectivity index (χ2n) is 8.33. The number of hydrogen-bond donors (Lipinski definition) is 2. The molecule has 5 rings (SSSR count). The maximum atomic E-state index is 13.2. The number of nitrogens with one attached hydrogen (secondary N) is 2. The number of nitrogens with zero attached hydrogens (tertiary/aromatic N) is 5.